The first kappa shape index (κ1) is 21.8. The van der Waals surface area contributed by atoms with Gasteiger partial charge in [-0.2, -0.15) is 10.1 Å². The number of likely N-dealkylation sites (tertiary alicyclic amines) is 1. The van der Waals surface area contributed by atoms with Gasteiger partial charge in [0.2, 0.25) is 17.6 Å². The summed E-state index contributed by atoms with van der Waals surface area (Å²) in [7, 11) is 1.93. The Bertz CT molecular complexity index is 1340. The molecule has 5 rings (SSSR count). The van der Waals surface area contributed by atoms with E-state index in [-0.39, 0.29) is 24.3 Å². The average molecular weight is 459 g/mol. The van der Waals surface area contributed by atoms with E-state index in [9.17, 15) is 9.59 Å². The number of aromatic nitrogens is 4. The summed E-state index contributed by atoms with van der Waals surface area (Å²) in [5.41, 5.74) is 3.45. The van der Waals surface area contributed by atoms with Gasteiger partial charge in [-0.25, -0.2) is 0 Å². The molecule has 3 heterocycles. The fourth-order valence-corrected chi connectivity index (χ4v) is 4.43. The van der Waals surface area contributed by atoms with E-state index in [2.05, 4.69) is 20.6 Å². The molecule has 1 saturated heterocycles. The summed E-state index contributed by atoms with van der Waals surface area (Å²) in [6.45, 7) is 3.14. The Morgan fingerprint density at radius 1 is 1.12 bits per heavy atom. The van der Waals surface area contributed by atoms with Gasteiger partial charge in [-0.1, -0.05) is 23.4 Å². The van der Waals surface area contributed by atoms with Gasteiger partial charge in [0.15, 0.2) is 0 Å². The maximum Gasteiger partial charge on any atom is 0.251 e. The van der Waals surface area contributed by atoms with Crippen molar-refractivity contribution in [3.8, 4) is 11.4 Å². The number of carbonyl (C=O) groups excluding carboxylic acids is 2. The molecule has 1 N–H and O–H groups in total. The third-order valence-electron chi connectivity index (χ3n) is 6.37. The number of hydrogen-bond donors (Lipinski definition) is 1. The van der Waals surface area contributed by atoms with E-state index in [1.807, 2.05) is 42.9 Å². The van der Waals surface area contributed by atoms with Crippen molar-refractivity contribution < 1.29 is 14.1 Å². The van der Waals surface area contributed by atoms with Crippen LogP contribution in [0.15, 0.2) is 53.1 Å². The highest BCUT2D eigenvalue weighted by atomic mass is 16.5. The molecule has 0 atom stereocenters. The summed E-state index contributed by atoms with van der Waals surface area (Å²) < 4.78 is 7.45. The van der Waals surface area contributed by atoms with Gasteiger partial charge < -0.3 is 14.7 Å². The molecule has 1 aliphatic rings. The Hall–Kier alpha value is -4.01. The number of aryl methyl sites for hydroxylation is 2. The number of nitrogens with zero attached hydrogens (tertiary/aromatic N) is 5. The Kier molecular flexibility index (Phi) is 5.83. The van der Waals surface area contributed by atoms with Crippen LogP contribution in [0.2, 0.25) is 0 Å². The number of carbonyl (C=O) groups is 2. The van der Waals surface area contributed by atoms with Crippen molar-refractivity contribution in [3.63, 3.8) is 0 Å². The summed E-state index contributed by atoms with van der Waals surface area (Å²) in [5.74, 6) is 0.925. The molecule has 2 amide bonds. The van der Waals surface area contributed by atoms with Crippen LogP contribution >= 0.6 is 0 Å². The van der Waals surface area contributed by atoms with Crippen molar-refractivity contribution in [2.45, 2.75) is 25.7 Å². The van der Waals surface area contributed by atoms with Gasteiger partial charge in [0.25, 0.3) is 5.91 Å². The van der Waals surface area contributed by atoms with Crippen LogP contribution in [0.1, 0.15) is 40.7 Å². The summed E-state index contributed by atoms with van der Waals surface area (Å²) >= 11 is 0. The normalized spacial score (nSPS) is 14.5. The highest BCUT2D eigenvalue weighted by Crippen LogP contribution is 2.30. The lowest BCUT2D eigenvalue weighted by Gasteiger charge is -2.30. The number of amides is 2. The monoisotopic (exact) mass is 458 g/mol. The molecule has 0 aliphatic carbocycles. The van der Waals surface area contributed by atoms with E-state index in [1.54, 1.807) is 29.2 Å². The molecule has 34 heavy (non-hydrogen) atoms. The Morgan fingerprint density at radius 3 is 2.65 bits per heavy atom. The van der Waals surface area contributed by atoms with Gasteiger partial charge in [-0.3, -0.25) is 14.3 Å². The predicted octanol–water partition coefficient (Wildman–Crippen LogP) is 3.07. The topological polar surface area (TPSA) is 106 Å². The van der Waals surface area contributed by atoms with E-state index < -0.39 is 0 Å². The van der Waals surface area contributed by atoms with E-state index in [0.29, 0.717) is 30.4 Å². The van der Waals surface area contributed by atoms with Crippen molar-refractivity contribution in [2.24, 2.45) is 7.05 Å². The van der Waals surface area contributed by atoms with Crippen molar-refractivity contribution >= 4 is 22.7 Å². The van der Waals surface area contributed by atoms with Crippen molar-refractivity contribution in [1.29, 1.82) is 0 Å². The second-order valence-corrected chi connectivity index (χ2v) is 8.60. The molecule has 2 aromatic carbocycles. The van der Waals surface area contributed by atoms with Gasteiger partial charge in [0, 0.05) is 42.6 Å². The molecule has 1 aliphatic heterocycles. The van der Waals surface area contributed by atoms with Gasteiger partial charge >= 0.3 is 0 Å². The van der Waals surface area contributed by atoms with Crippen LogP contribution < -0.4 is 5.32 Å². The summed E-state index contributed by atoms with van der Waals surface area (Å²) in [6, 6.07) is 14.9. The SMILES string of the molecule is Cc1nn(C)c2ccc(-c3noc(C4CCN(C(=O)CNC(=O)c5ccccc5)CC4)n3)cc12. The molecule has 1 fully saturated rings. The first-order valence-electron chi connectivity index (χ1n) is 11.4. The molecule has 9 heteroatoms. The first-order valence-corrected chi connectivity index (χ1v) is 11.4. The minimum atomic E-state index is -0.248. The molecule has 9 nitrogen and oxygen atoms in total. The van der Waals surface area contributed by atoms with Crippen LogP contribution in [-0.4, -0.2) is 56.3 Å². The molecule has 0 spiro atoms. The number of rotatable bonds is 5. The fraction of sp³-hybridized carbons (Fsp3) is 0.320. The van der Waals surface area contributed by atoms with Gasteiger partial charge in [-0.15, -0.1) is 0 Å². The van der Waals surface area contributed by atoms with Gasteiger partial charge in [0.1, 0.15) is 0 Å². The molecule has 0 unspecified atom stereocenters. The van der Waals surface area contributed by atoms with Crippen LogP contribution in [0.3, 0.4) is 0 Å². The fourth-order valence-electron chi connectivity index (χ4n) is 4.43. The maximum atomic E-state index is 12.6. The second-order valence-electron chi connectivity index (χ2n) is 8.60. The van der Waals surface area contributed by atoms with Crippen LogP contribution in [0.5, 0.6) is 0 Å². The lowest BCUT2D eigenvalue weighted by Crippen LogP contribution is -2.43. The zero-order valence-electron chi connectivity index (χ0n) is 19.2. The molecule has 0 saturated carbocycles. The molecular formula is C25H26N6O3. The quantitative estimate of drug-likeness (QED) is 0.493. The largest absolute Gasteiger partial charge is 0.343 e. The Balaban J connectivity index is 1.17. The molecular weight excluding hydrogens is 432 g/mol. The number of piperidine rings is 1. The summed E-state index contributed by atoms with van der Waals surface area (Å²) in [4.78, 5) is 31.1. The minimum Gasteiger partial charge on any atom is -0.343 e. The van der Waals surface area contributed by atoms with E-state index >= 15 is 0 Å². The highest BCUT2D eigenvalue weighted by molar-refractivity contribution is 5.96. The second kappa shape index (κ2) is 9.09. The molecule has 2 aromatic heterocycles. The van der Waals surface area contributed by atoms with Gasteiger partial charge in [-0.05, 0) is 50.1 Å². The maximum absolute atomic E-state index is 12.6. The van der Waals surface area contributed by atoms with E-state index in [1.165, 1.54) is 0 Å². The number of benzene rings is 2. The third-order valence-corrected chi connectivity index (χ3v) is 6.37. The summed E-state index contributed by atoms with van der Waals surface area (Å²) in [5, 5.41) is 12.4. The smallest absolute Gasteiger partial charge is 0.251 e. The molecule has 0 radical (unpaired) electrons. The van der Waals surface area contributed by atoms with Crippen molar-refractivity contribution in [1.82, 2.24) is 30.1 Å². The predicted molar refractivity (Wildman–Crippen MR) is 126 cm³/mol. The zero-order chi connectivity index (χ0) is 23.7. The first-order chi connectivity index (χ1) is 16.5. The number of fused-ring (bicyclic) bond motifs is 1. The van der Waals surface area contributed by atoms with E-state index in [4.69, 9.17) is 4.52 Å². The average Bonchev–Trinajstić information content (AvgIpc) is 3.47. The standard InChI is InChI=1S/C25H26N6O3/c1-16-20-14-19(8-9-21(20)30(2)28-16)23-27-25(34-29-23)18-10-12-31(13-11-18)22(32)15-26-24(33)17-6-4-3-5-7-17/h3-9,14,18H,10-13,15H2,1-2H3,(H,26,33). The minimum absolute atomic E-state index is 0.0145. The highest BCUT2D eigenvalue weighted by Gasteiger charge is 2.28. The zero-order valence-corrected chi connectivity index (χ0v) is 19.2. The Morgan fingerprint density at radius 2 is 1.88 bits per heavy atom. The lowest BCUT2D eigenvalue weighted by atomic mass is 9.96. The van der Waals surface area contributed by atoms with Crippen LogP contribution in [0.25, 0.3) is 22.3 Å². The Labute approximate surface area is 196 Å². The molecule has 0 bridgehead atoms. The van der Waals surface area contributed by atoms with Crippen molar-refractivity contribution in [2.75, 3.05) is 19.6 Å². The molecule has 4 aromatic rings. The summed E-state index contributed by atoms with van der Waals surface area (Å²) in [6.07, 6.45) is 1.47. The van der Waals surface area contributed by atoms with Crippen LogP contribution in [0.4, 0.5) is 0 Å². The van der Waals surface area contributed by atoms with Crippen LogP contribution in [-0.2, 0) is 11.8 Å². The lowest BCUT2D eigenvalue weighted by molar-refractivity contribution is -0.131. The molecule has 174 valence electrons. The van der Waals surface area contributed by atoms with Crippen LogP contribution in [0, 0.1) is 6.92 Å². The van der Waals surface area contributed by atoms with Crippen molar-refractivity contribution in [3.05, 3.63) is 65.7 Å². The number of hydrogen-bond acceptors (Lipinski definition) is 6. The van der Waals surface area contributed by atoms with E-state index in [0.717, 1.165) is 35.0 Å². The third kappa shape index (κ3) is 4.28. The number of nitrogens with one attached hydrogen (secondary N) is 1. The van der Waals surface area contributed by atoms with Gasteiger partial charge in [0.05, 0.1) is 17.8 Å².